The molecule has 0 spiro atoms. The Morgan fingerprint density at radius 1 is 1.40 bits per heavy atom. The lowest BCUT2D eigenvalue weighted by Crippen LogP contribution is -2.37. The van der Waals surface area contributed by atoms with Crippen LogP contribution in [0, 0.1) is 25.2 Å². The minimum Gasteiger partial charge on any atom is -0.480 e. The Morgan fingerprint density at radius 3 is 2.50 bits per heavy atom. The molecule has 0 aliphatic rings. The van der Waals surface area contributed by atoms with Crippen LogP contribution in [0.15, 0.2) is 12.1 Å². The molecule has 0 aliphatic carbocycles. The molecule has 0 saturated heterocycles. The fraction of sp³-hybridized carbons (Fsp3) is 0.500. The van der Waals surface area contributed by atoms with Crippen molar-refractivity contribution in [2.75, 3.05) is 6.54 Å². The summed E-state index contributed by atoms with van der Waals surface area (Å²) in [7, 11) is 0. The Kier molecular flexibility index (Phi) is 6.05. The minimum atomic E-state index is -0.544. The average molecular weight is 274 g/mol. The maximum atomic E-state index is 11.9. The van der Waals surface area contributed by atoms with Crippen molar-refractivity contribution in [2.24, 2.45) is 0 Å². The zero-order chi connectivity index (χ0) is 15.1. The first-order valence-corrected chi connectivity index (χ1v) is 6.95. The zero-order valence-electron chi connectivity index (χ0n) is 12.6. The number of unbranched alkanes of at least 4 members (excludes halogenated alkanes) is 1. The standard InChI is InChI=1S/C16H22N2O2/c1-5-6-7-18-16(19)13(4)20-15-11(2)8-14(10-17)9-12(15)3/h8-9,13H,5-7H2,1-4H3,(H,18,19). The van der Waals surface area contributed by atoms with Gasteiger partial charge in [0.25, 0.3) is 5.91 Å². The predicted octanol–water partition coefficient (Wildman–Crippen LogP) is 2.86. The summed E-state index contributed by atoms with van der Waals surface area (Å²) in [6.45, 7) is 8.25. The fourth-order valence-electron chi connectivity index (χ4n) is 1.96. The highest BCUT2D eigenvalue weighted by Gasteiger charge is 2.16. The Balaban J connectivity index is 2.73. The van der Waals surface area contributed by atoms with Crippen molar-refractivity contribution >= 4 is 5.91 Å². The molecular formula is C16H22N2O2. The number of aryl methyl sites for hydroxylation is 2. The van der Waals surface area contributed by atoms with E-state index in [1.54, 1.807) is 19.1 Å². The molecule has 4 heteroatoms. The Hall–Kier alpha value is -2.02. The molecule has 1 atom stereocenters. The highest BCUT2D eigenvalue weighted by atomic mass is 16.5. The third-order valence-corrected chi connectivity index (χ3v) is 3.08. The van der Waals surface area contributed by atoms with Gasteiger partial charge < -0.3 is 10.1 Å². The first-order chi connectivity index (χ1) is 9.49. The van der Waals surface area contributed by atoms with E-state index in [9.17, 15) is 4.79 Å². The highest BCUT2D eigenvalue weighted by Crippen LogP contribution is 2.25. The molecule has 0 heterocycles. The number of hydrogen-bond donors (Lipinski definition) is 1. The van der Waals surface area contributed by atoms with Gasteiger partial charge in [0.05, 0.1) is 11.6 Å². The largest absolute Gasteiger partial charge is 0.480 e. The maximum absolute atomic E-state index is 11.9. The molecule has 0 aliphatic heterocycles. The molecule has 4 nitrogen and oxygen atoms in total. The molecule has 1 amide bonds. The number of rotatable bonds is 6. The second-order valence-electron chi connectivity index (χ2n) is 4.96. The van der Waals surface area contributed by atoms with E-state index in [4.69, 9.17) is 10.00 Å². The van der Waals surface area contributed by atoms with Gasteiger partial charge in [-0.2, -0.15) is 5.26 Å². The summed E-state index contributed by atoms with van der Waals surface area (Å²) in [5, 5.41) is 11.8. The maximum Gasteiger partial charge on any atom is 0.260 e. The van der Waals surface area contributed by atoms with E-state index in [1.165, 1.54) is 0 Å². The minimum absolute atomic E-state index is 0.110. The van der Waals surface area contributed by atoms with Crippen LogP contribution in [0.1, 0.15) is 43.4 Å². The number of amides is 1. The molecule has 20 heavy (non-hydrogen) atoms. The van der Waals surface area contributed by atoms with Crippen molar-refractivity contribution in [1.82, 2.24) is 5.32 Å². The van der Waals surface area contributed by atoms with E-state index in [2.05, 4.69) is 18.3 Å². The number of carbonyl (C=O) groups excluding carboxylic acids is 1. The van der Waals surface area contributed by atoms with Gasteiger partial charge in [0, 0.05) is 6.54 Å². The number of ether oxygens (including phenoxy) is 1. The molecule has 1 aromatic carbocycles. The monoisotopic (exact) mass is 274 g/mol. The number of hydrogen-bond acceptors (Lipinski definition) is 3. The van der Waals surface area contributed by atoms with Crippen LogP contribution in [0.4, 0.5) is 0 Å². The summed E-state index contributed by atoms with van der Waals surface area (Å²) in [5.41, 5.74) is 2.34. The quantitative estimate of drug-likeness (QED) is 0.811. The Morgan fingerprint density at radius 2 is 2.00 bits per heavy atom. The van der Waals surface area contributed by atoms with Gasteiger partial charge in [-0.15, -0.1) is 0 Å². The Bertz CT molecular complexity index is 495. The SMILES string of the molecule is CCCCNC(=O)C(C)Oc1c(C)cc(C#N)cc1C. The third-order valence-electron chi connectivity index (χ3n) is 3.08. The van der Waals surface area contributed by atoms with Crippen molar-refractivity contribution in [2.45, 2.75) is 46.6 Å². The first-order valence-electron chi connectivity index (χ1n) is 6.95. The van der Waals surface area contributed by atoms with Crippen molar-refractivity contribution in [1.29, 1.82) is 5.26 Å². The van der Waals surface area contributed by atoms with Gasteiger partial charge in [0.1, 0.15) is 5.75 Å². The molecule has 1 aromatic rings. The number of nitriles is 1. The second-order valence-corrected chi connectivity index (χ2v) is 4.96. The van der Waals surface area contributed by atoms with Gasteiger partial charge in [0.15, 0.2) is 6.10 Å². The van der Waals surface area contributed by atoms with Gasteiger partial charge >= 0.3 is 0 Å². The van der Waals surface area contributed by atoms with Crippen LogP contribution in [0.25, 0.3) is 0 Å². The smallest absolute Gasteiger partial charge is 0.260 e. The lowest BCUT2D eigenvalue weighted by atomic mass is 10.1. The predicted molar refractivity (Wildman–Crippen MR) is 78.6 cm³/mol. The molecule has 0 bridgehead atoms. The van der Waals surface area contributed by atoms with Crippen molar-refractivity contribution in [3.8, 4) is 11.8 Å². The molecule has 0 aromatic heterocycles. The van der Waals surface area contributed by atoms with Gasteiger partial charge in [-0.25, -0.2) is 0 Å². The van der Waals surface area contributed by atoms with E-state index in [0.29, 0.717) is 17.9 Å². The van der Waals surface area contributed by atoms with Crippen LogP contribution in [0.5, 0.6) is 5.75 Å². The van der Waals surface area contributed by atoms with Gasteiger partial charge in [-0.05, 0) is 50.5 Å². The molecule has 1 unspecified atom stereocenters. The normalized spacial score (nSPS) is 11.6. The summed E-state index contributed by atoms with van der Waals surface area (Å²) >= 11 is 0. The summed E-state index contributed by atoms with van der Waals surface area (Å²) < 4.78 is 5.75. The summed E-state index contributed by atoms with van der Waals surface area (Å²) in [6.07, 6.45) is 1.47. The van der Waals surface area contributed by atoms with Crippen LogP contribution in [0.3, 0.4) is 0 Å². The summed E-state index contributed by atoms with van der Waals surface area (Å²) in [4.78, 5) is 11.9. The topological polar surface area (TPSA) is 62.1 Å². The zero-order valence-corrected chi connectivity index (χ0v) is 12.6. The Labute approximate surface area is 120 Å². The fourth-order valence-corrected chi connectivity index (χ4v) is 1.96. The molecule has 0 radical (unpaired) electrons. The van der Waals surface area contributed by atoms with Crippen LogP contribution < -0.4 is 10.1 Å². The molecule has 0 fully saturated rings. The van der Waals surface area contributed by atoms with E-state index in [-0.39, 0.29) is 5.91 Å². The number of nitrogens with zero attached hydrogens (tertiary/aromatic N) is 1. The van der Waals surface area contributed by atoms with Crippen molar-refractivity contribution in [3.05, 3.63) is 28.8 Å². The molecular weight excluding hydrogens is 252 g/mol. The van der Waals surface area contributed by atoms with E-state index < -0.39 is 6.10 Å². The van der Waals surface area contributed by atoms with Gasteiger partial charge in [0.2, 0.25) is 0 Å². The van der Waals surface area contributed by atoms with E-state index in [1.807, 2.05) is 13.8 Å². The van der Waals surface area contributed by atoms with Crippen LogP contribution in [-0.4, -0.2) is 18.6 Å². The van der Waals surface area contributed by atoms with Gasteiger partial charge in [-0.3, -0.25) is 4.79 Å². The molecule has 0 saturated carbocycles. The first kappa shape index (κ1) is 16.0. The summed E-state index contributed by atoms with van der Waals surface area (Å²) in [6, 6.07) is 5.65. The van der Waals surface area contributed by atoms with E-state index >= 15 is 0 Å². The molecule has 1 N–H and O–H groups in total. The lowest BCUT2D eigenvalue weighted by Gasteiger charge is -2.18. The number of benzene rings is 1. The lowest BCUT2D eigenvalue weighted by molar-refractivity contribution is -0.127. The second kappa shape index (κ2) is 7.54. The number of nitrogens with one attached hydrogen (secondary N) is 1. The highest BCUT2D eigenvalue weighted by molar-refractivity contribution is 5.80. The molecule has 108 valence electrons. The van der Waals surface area contributed by atoms with Crippen molar-refractivity contribution < 1.29 is 9.53 Å². The number of carbonyl (C=O) groups is 1. The third kappa shape index (κ3) is 4.27. The average Bonchev–Trinajstić information content (AvgIpc) is 2.42. The van der Waals surface area contributed by atoms with Crippen LogP contribution in [-0.2, 0) is 4.79 Å². The summed E-state index contributed by atoms with van der Waals surface area (Å²) in [5.74, 6) is 0.573. The van der Waals surface area contributed by atoms with Crippen LogP contribution in [0.2, 0.25) is 0 Å². The van der Waals surface area contributed by atoms with Crippen LogP contribution >= 0.6 is 0 Å². The van der Waals surface area contributed by atoms with E-state index in [0.717, 1.165) is 24.0 Å². The van der Waals surface area contributed by atoms with Gasteiger partial charge in [-0.1, -0.05) is 13.3 Å². The molecule has 1 rings (SSSR count). The van der Waals surface area contributed by atoms with Crippen molar-refractivity contribution in [3.63, 3.8) is 0 Å².